The van der Waals surface area contributed by atoms with Gasteiger partial charge in [-0.1, -0.05) is 18.3 Å². The highest BCUT2D eigenvalue weighted by Gasteiger charge is 2.16. The van der Waals surface area contributed by atoms with Crippen molar-refractivity contribution in [3.05, 3.63) is 32.2 Å². The number of hydrogen-bond acceptors (Lipinski definition) is 7. The van der Waals surface area contributed by atoms with Crippen molar-refractivity contribution in [1.82, 2.24) is 28.9 Å². The molecule has 1 amide bonds. The summed E-state index contributed by atoms with van der Waals surface area (Å²) in [7, 11) is 2.98. The lowest BCUT2D eigenvalue weighted by Crippen LogP contribution is -2.37. The van der Waals surface area contributed by atoms with E-state index in [2.05, 4.69) is 20.5 Å². The number of carbonyl (C=O) groups excluding carboxylic acids is 1. The maximum Gasteiger partial charge on any atom is 0.332 e. The number of rotatable bonds is 4. The Kier molecular flexibility index (Phi) is 4.01. The molecule has 24 heavy (non-hydrogen) atoms. The minimum absolute atomic E-state index is 0.144. The number of nitrogens with one attached hydrogen (secondary N) is 1. The molecular weight excluding hydrogens is 334 g/mol. The summed E-state index contributed by atoms with van der Waals surface area (Å²) in [4.78, 5) is 39.8. The van der Waals surface area contributed by atoms with Crippen LogP contribution >= 0.6 is 11.3 Å². The summed E-state index contributed by atoms with van der Waals surface area (Å²) in [6.07, 6.45) is 1.84. The summed E-state index contributed by atoms with van der Waals surface area (Å²) in [5.41, 5.74) is -0.228. The van der Waals surface area contributed by atoms with Gasteiger partial charge in [0.15, 0.2) is 11.2 Å². The van der Waals surface area contributed by atoms with Crippen LogP contribution in [0.5, 0.6) is 0 Å². The summed E-state index contributed by atoms with van der Waals surface area (Å²) in [5, 5.41) is 11.6. The molecule has 11 heteroatoms. The van der Waals surface area contributed by atoms with Gasteiger partial charge in [-0.05, 0) is 0 Å². The highest BCUT2D eigenvalue weighted by molar-refractivity contribution is 7.15. The number of amides is 1. The second kappa shape index (κ2) is 6.00. The summed E-state index contributed by atoms with van der Waals surface area (Å²) in [5.74, 6) is -0.144. The van der Waals surface area contributed by atoms with E-state index in [0.29, 0.717) is 27.7 Å². The molecule has 3 aromatic rings. The third kappa shape index (κ3) is 2.62. The van der Waals surface area contributed by atoms with E-state index in [1.165, 1.54) is 29.3 Å². The standard InChI is InChI=1S/C13H15N7O3S/c1-4-7(21)15-12-17-16-8(24-12)5-20-6-14-10-9(20)11(22)19(3)13(23)18(10)2/h6H,4-5H2,1-3H3,(H,15,17,21). The van der Waals surface area contributed by atoms with Crippen LogP contribution in [0, 0.1) is 0 Å². The van der Waals surface area contributed by atoms with Crippen molar-refractivity contribution in [3.8, 4) is 0 Å². The zero-order valence-electron chi connectivity index (χ0n) is 13.3. The number of aryl methyl sites for hydroxylation is 1. The number of anilines is 1. The van der Waals surface area contributed by atoms with Crippen molar-refractivity contribution in [2.75, 3.05) is 5.32 Å². The van der Waals surface area contributed by atoms with Crippen LogP contribution in [0.15, 0.2) is 15.9 Å². The van der Waals surface area contributed by atoms with Gasteiger partial charge < -0.3 is 9.88 Å². The van der Waals surface area contributed by atoms with E-state index in [1.54, 1.807) is 18.5 Å². The quantitative estimate of drug-likeness (QED) is 0.690. The van der Waals surface area contributed by atoms with Crippen LogP contribution in [0.1, 0.15) is 18.4 Å². The Labute approximate surface area is 139 Å². The predicted molar refractivity (Wildman–Crippen MR) is 88.1 cm³/mol. The lowest BCUT2D eigenvalue weighted by atomic mass is 10.5. The van der Waals surface area contributed by atoms with Crippen LogP contribution in [-0.2, 0) is 25.4 Å². The molecule has 126 valence electrons. The molecule has 0 bridgehead atoms. The van der Waals surface area contributed by atoms with Gasteiger partial charge in [0.05, 0.1) is 12.9 Å². The molecule has 0 spiro atoms. The minimum atomic E-state index is -0.432. The average Bonchev–Trinajstić information content (AvgIpc) is 3.18. The Hall–Kier alpha value is -2.82. The molecule has 10 nitrogen and oxygen atoms in total. The molecule has 0 saturated heterocycles. The maximum atomic E-state index is 12.4. The molecule has 0 radical (unpaired) electrons. The average molecular weight is 349 g/mol. The molecule has 0 aliphatic heterocycles. The highest BCUT2D eigenvalue weighted by atomic mass is 32.1. The first-order valence-corrected chi connectivity index (χ1v) is 7.97. The first-order chi connectivity index (χ1) is 11.4. The minimum Gasteiger partial charge on any atom is -0.318 e. The van der Waals surface area contributed by atoms with Gasteiger partial charge in [-0.25, -0.2) is 9.78 Å². The SMILES string of the molecule is CCC(=O)Nc1nnc(Cn2cnc3c2c(=O)n(C)c(=O)n3C)s1. The molecule has 3 heterocycles. The number of nitrogens with zero attached hydrogens (tertiary/aromatic N) is 6. The molecule has 0 aliphatic rings. The van der Waals surface area contributed by atoms with E-state index in [9.17, 15) is 14.4 Å². The van der Waals surface area contributed by atoms with Crippen molar-refractivity contribution < 1.29 is 4.79 Å². The van der Waals surface area contributed by atoms with Gasteiger partial charge in [0.1, 0.15) is 5.01 Å². The van der Waals surface area contributed by atoms with E-state index in [0.717, 1.165) is 4.57 Å². The molecule has 1 N–H and O–H groups in total. The van der Waals surface area contributed by atoms with Gasteiger partial charge in [-0.3, -0.25) is 18.7 Å². The van der Waals surface area contributed by atoms with Gasteiger partial charge in [0, 0.05) is 20.5 Å². The van der Waals surface area contributed by atoms with Crippen LogP contribution in [0.3, 0.4) is 0 Å². The fourth-order valence-electron chi connectivity index (χ4n) is 2.24. The van der Waals surface area contributed by atoms with Crippen molar-refractivity contribution in [1.29, 1.82) is 0 Å². The Morgan fingerprint density at radius 1 is 1.25 bits per heavy atom. The predicted octanol–water partition coefficient (Wildman–Crippen LogP) is -0.318. The molecular formula is C13H15N7O3S. The van der Waals surface area contributed by atoms with Gasteiger partial charge in [0.2, 0.25) is 11.0 Å². The second-order valence-electron chi connectivity index (χ2n) is 5.15. The fourth-order valence-corrected chi connectivity index (χ4v) is 2.99. The van der Waals surface area contributed by atoms with Gasteiger partial charge in [0.25, 0.3) is 5.56 Å². The molecule has 3 rings (SSSR count). The zero-order valence-corrected chi connectivity index (χ0v) is 14.1. The summed E-state index contributed by atoms with van der Waals surface area (Å²) >= 11 is 1.22. The van der Waals surface area contributed by atoms with E-state index in [1.807, 2.05) is 0 Å². The molecule has 0 aliphatic carbocycles. The Balaban J connectivity index is 1.99. The molecule has 0 atom stereocenters. The third-order valence-corrected chi connectivity index (χ3v) is 4.38. The van der Waals surface area contributed by atoms with Gasteiger partial charge in [-0.15, -0.1) is 10.2 Å². The zero-order chi connectivity index (χ0) is 17.4. The third-order valence-electron chi connectivity index (χ3n) is 3.56. The molecule has 3 aromatic heterocycles. The molecule has 0 saturated carbocycles. The summed E-state index contributed by atoms with van der Waals surface area (Å²) in [6.45, 7) is 2.01. The fraction of sp³-hybridized carbons (Fsp3) is 0.385. The summed E-state index contributed by atoms with van der Waals surface area (Å²) < 4.78 is 3.97. The van der Waals surface area contributed by atoms with Crippen LogP contribution in [0.25, 0.3) is 11.2 Å². The van der Waals surface area contributed by atoms with E-state index in [-0.39, 0.29) is 12.5 Å². The lowest BCUT2D eigenvalue weighted by Gasteiger charge is -2.05. The Bertz CT molecular complexity index is 1040. The first-order valence-electron chi connectivity index (χ1n) is 7.15. The van der Waals surface area contributed by atoms with Crippen molar-refractivity contribution in [2.45, 2.75) is 19.9 Å². The van der Waals surface area contributed by atoms with E-state index >= 15 is 0 Å². The largest absolute Gasteiger partial charge is 0.332 e. The van der Waals surface area contributed by atoms with Gasteiger partial charge >= 0.3 is 5.69 Å². The van der Waals surface area contributed by atoms with Crippen LogP contribution in [-0.4, -0.2) is 34.8 Å². The van der Waals surface area contributed by atoms with E-state index < -0.39 is 11.2 Å². The number of aromatic nitrogens is 6. The van der Waals surface area contributed by atoms with Gasteiger partial charge in [-0.2, -0.15) is 0 Å². The van der Waals surface area contributed by atoms with Crippen molar-refractivity contribution >= 4 is 33.5 Å². The highest BCUT2D eigenvalue weighted by Crippen LogP contribution is 2.17. The smallest absolute Gasteiger partial charge is 0.318 e. The van der Waals surface area contributed by atoms with Crippen molar-refractivity contribution in [3.63, 3.8) is 0 Å². The Morgan fingerprint density at radius 2 is 2.00 bits per heavy atom. The molecule has 0 fully saturated rings. The van der Waals surface area contributed by atoms with Crippen LogP contribution in [0.4, 0.5) is 5.13 Å². The first kappa shape index (κ1) is 16.1. The van der Waals surface area contributed by atoms with Crippen LogP contribution in [0.2, 0.25) is 0 Å². The number of imidazole rings is 1. The lowest BCUT2D eigenvalue weighted by molar-refractivity contribution is -0.115. The van der Waals surface area contributed by atoms with Crippen LogP contribution < -0.4 is 16.6 Å². The number of carbonyl (C=O) groups is 1. The number of fused-ring (bicyclic) bond motifs is 1. The maximum absolute atomic E-state index is 12.4. The topological polar surface area (TPSA) is 117 Å². The normalized spacial score (nSPS) is 11.1. The summed E-state index contributed by atoms with van der Waals surface area (Å²) in [6, 6.07) is 0. The second-order valence-corrected chi connectivity index (χ2v) is 6.22. The monoisotopic (exact) mass is 349 g/mol. The Morgan fingerprint density at radius 3 is 2.71 bits per heavy atom. The molecule has 0 unspecified atom stereocenters. The van der Waals surface area contributed by atoms with Crippen molar-refractivity contribution in [2.24, 2.45) is 14.1 Å². The molecule has 0 aromatic carbocycles. The van der Waals surface area contributed by atoms with E-state index in [4.69, 9.17) is 0 Å². The number of hydrogen-bond donors (Lipinski definition) is 1.